The number of rotatable bonds is 3. The summed E-state index contributed by atoms with van der Waals surface area (Å²) in [5, 5.41) is 2.74. The highest BCUT2D eigenvalue weighted by Gasteiger charge is 2.30. The Hall–Kier alpha value is -1.50. The van der Waals surface area contributed by atoms with Crippen molar-refractivity contribution < 1.29 is 9.59 Å². The lowest BCUT2D eigenvalue weighted by Gasteiger charge is -2.26. The molecule has 0 aromatic heterocycles. The van der Waals surface area contributed by atoms with E-state index >= 15 is 0 Å². The Morgan fingerprint density at radius 2 is 2.31 bits per heavy atom. The van der Waals surface area contributed by atoms with E-state index in [4.69, 9.17) is 6.42 Å². The summed E-state index contributed by atoms with van der Waals surface area (Å²) < 4.78 is 0. The molecule has 0 spiro atoms. The predicted octanol–water partition coefficient (Wildman–Crippen LogP) is 0.525. The second kappa shape index (κ2) is 5.55. The Bertz CT molecular complexity index is 319. The number of carbonyl (C=O) groups is 2. The number of nitrogens with one attached hydrogen (secondary N) is 1. The van der Waals surface area contributed by atoms with Crippen LogP contribution in [-0.4, -0.2) is 35.3 Å². The Morgan fingerprint density at radius 1 is 1.62 bits per heavy atom. The molecule has 1 N–H and O–H groups in total. The van der Waals surface area contributed by atoms with Gasteiger partial charge in [0.2, 0.25) is 11.8 Å². The summed E-state index contributed by atoms with van der Waals surface area (Å²) in [5.74, 6) is 2.41. The van der Waals surface area contributed by atoms with Crippen molar-refractivity contribution in [3.8, 4) is 12.3 Å². The van der Waals surface area contributed by atoms with Gasteiger partial charge in [-0.05, 0) is 13.3 Å². The van der Waals surface area contributed by atoms with Gasteiger partial charge in [-0.3, -0.25) is 9.59 Å². The maximum absolute atomic E-state index is 12.1. The van der Waals surface area contributed by atoms with E-state index in [0.29, 0.717) is 19.4 Å². The fraction of sp³-hybridized carbons (Fsp3) is 0.667. The van der Waals surface area contributed by atoms with Crippen molar-refractivity contribution in [1.82, 2.24) is 10.2 Å². The highest BCUT2D eigenvalue weighted by Crippen LogP contribution is 2.11. The number of hydrogen-bond acceptors (Lipinski definition) is 2. The molecule has 0 aromatic carbocycles. The number of carbonyl (C=O) groups excluding carboxylic acids is 2. The molecule has 1 rings (SSSR count). The maximum Gasteiger partial charge on any atom is 0.246 e. The summed E-state index contributed by atoms with van der Waals surface area (Å²) in [6.45, 7) is 4.20. The van der Waals surface area contributed by atoms with Gasteiger partial charge >= 0.3 is 0 Å². The molecule has 2 atom stereocenters. The monoisotopic (exact) mass is 222 g/mol. The van der Waals surface area contributed by atoms with Crippen LogP contribution in [0.5, 0.6) is 0 Å². The van der Waals surface area contributed by atoms with Gasteiger partial charge < -0.3 is 10.2 Å². The van der Waals surface area contributed by atoms with Gasteiger partial charge in [0.1, 0.15) is 6.04 Å². The number of amides is 2. The van der Waals surface area contributed by atoms with Gasteiger partial charge in [-0.15, -0.1) is 6.42 Å². The first-order chi connectivity index (χ1) is 7.60. The predicted molar refractivity (Wildman–Crippen MR) is 61.5 cm³/mol. The zero-order valence-electron chi connectivity index (χ0n) is 9.82. The van der Waals surface area contributed by atoms with Crippen LogP contribution < -0.4 is 5.32 Å². The summed E-state index contributed by atoms with van der Waals surface area (Å²) in [7, 11) is 0. The van der Waals surface area contributed by atoms with Crippen LogP contribution in [0.2, 0.25) is 0 Å². The third-order valence-corrected chi connectivity index (χ3v) is 2.78. The molecule has 2 unspecified atom stereocenters. The highest BCUT2D eigenvalue weighted by molar-refractivity contribution is 5.90. The molecule has 1 saturated heterocycles. The Labute approximate surface area is 96.4 Å². The molecule has 88 valence electrons. The molecule has 4 heteroatoms. The van der Waals surface area contributed by atoms with E-state index < -0.39 is 6.04 Å². The standard InChI is InChI=1S/C12H18N2O2/c1-4-6-10-12(16)14(9(3)5-2)8-7-11(15)13-10/h2,9-10H,4,6-8H2,1,3H3,(H,13,15). The minimum atomic E-state index is -0.407. The van der Waals surface area contributed by atoms with Crippen molar-refractivity contribution in [2.75, 3.05) is 6.54 Å². The smallest absolute Gasteiger partial charge is 0.246 e. The van der Waals surface area contributed by atoms with Crippen LogP contribution in [0.25, 0.3) is 0 Å². The van der Waals surface area contributed by atoms with Crippen LogP contribution in [0.1, 0.15) is 33.1 Å². The zero-order valence-corrected chi connectivity index (χ0v) is 9.82. The number of hydrogen-bond donors (Lipinski definition) is 1. The van der Waals surface area contributed by atoms with E-state index in [1.807, 2.05) is 6.92 Å². The SMILES string of the molecule is C#CC(C)N1CCC(=O)NC(CCC)C1=O. The molecule has 0 bridgehead atoms. The second-order valence-corrected chi connectivity index (χ2v) is 4.03. The molecule has 0 aliphatic carbocycles. The molecule has 4 nitrogen and oxygen atoms in total. The lowest BCUT2D eigenvalue weighted by atomic mass is 10.1. The fourth-order valence-electron chi connectivity index (χ4n) is 1.82. The van der Waals surface area contributed by atoms with Crippen molar-refractivity contribution >= 4 is 11.8 Å². The first-order valence-corrected chi connectivity index (χ1v) is 5.66. The average molecular weight is 222 g/mol. The van der Waals surface area contributed by atoms with Crippen LogP contribution in [0.4, 0.5) is 0 Å². The van der Waals surface area contributed by atoms with E-state index in [-0.39, 0.29) is 17.9 Å². The topological polar surface area (TPSA) is 49.4 Å². The third kappa shape index (κ3) is 2.75. The molecule has 16 heavy (non-hydrogen) atoms. The normalized spacial score (nSPS) is 23.3. The van der Waals surface area contributed by atoms with Crippen LogP contribution in [0.15, 0.2) is 0 Å². The van der Waals surface area contributed by atoms with Gasteiger partial charge in [-0.2, -0.15) is 0 Å². The summed E-state index contributed by atoms with van der Waals surface area (Å²) in [6.07, 6.45) is 7.17. The minimum absolute atomic E-state index is 0.0573. The first kappa shape index (κ1) is 12.6. The molecule has 0 saturated carbocycles. The Balaban J connectivity index is 2.83. The average Bonchev–Trinajstić information content (AvgIpc) is 2.40. The lowest BCUT2D eigenvalue weighted by Crippen LogP contribution is -2.47. The van der Waals surface area contributed by atoms with Crippen LogP contribution in [-0.2, 0) is 9.59 Å². The minimum Gasteiger partial charge on any atom is -0.344 e. The van der Waals surface area contributed by atoms with Crippen LogP contribution >= 0.6 is 0 Å². The maximum atomic E-state index is 12.1. The van der Waals surface area contributed by atoms with E-state index in [1.54, 1.807) is 11.8 Å². The van der Waals surface area contributed by atoms with Gasteiger partial charge in [0.15, 0.2) is 0 Å². The summed E-state index contributed by atoms with van der Waals surface area (Å²) in [6, 6.07) is -0.657. The van der Waals surface area contributed by atoms with Crippen molar-refractivity contribution in [3.63, 3.8) is 0 Å². The van der Waals surface area contributed by atoms with E-state index in [0.717, 1.165) is 6.42 Å². The van der Waals surface area contributed by atoms with E-state index in [2.05, 4.69) is 11.2 Å². The molecule has 1 heterocycles. The summed E-state index contributed by atoms with van der Waals surface area (Å²) in [4.78, 5) is 25.1. The molecular weight excluding hydrogens is 204 g/mol. The summed E-state index contributed by atoms with van der Waals surface area (Å²) >= 11 is 0. The first-order valence-electron chi connectivity index (χ1n) is 5.66. The quantitative estimate of drug-likeness (QED) is 0.708. The van der Waals surface area contributed by atoms with Gasteiger partial charge in [-0.25, -0.2) is 0 Å². The number of nitrogens with zero attached hydrogens (tertiary/aromatic N) is 1. The fourth-order valence-corrected chi connectivity index (χ4v) is 1.82. The van der Waals surface area contributed by atoms with E-state index in [1.165, 1.54) is 0 Å². The highest BCUT2D eigenvalue weighted by atomic mass is 16.2. The molecular formula is C12H18N2O2. The van der Waals surface area contributed by atoms with Crippen molar-refractivity contribution in [2.45, 2.75) is 45.2 Å². The number of terminal acetylenes is 1. The van der Waals surface area contributed by atoms with Crippen LogP contribution in [0.3, 0.4) is 0 Å². The van der Waals surface area contributed by atoms with Crippen molar-refractivity contribution in [1.29, 1.82) is 0 Å². The summed E-state index contributed by atoms with van der Waals surface area (Å²) in [5.41, 5.74) is 0. The molecule has 1 aliphatic rings. The molecule has 0 radical (unpaired) electrons. The Morgan fingerprint density at radius 3 is 2.88 bits per heavy atom. The van der Waals surface area contributed by atoms with Gasteiger partial charge in [0, 0.05) is 13.0 Å². The Kier molecular flexibility index (Phi) is 4.36. The molecule has 1 aliphatic heterocycles. The van der Waals surface area contributed by atoms with E-state index in [9.17, 15) is 9.59 Å². The molecule has 2 amide bonds. The van der Waals surface area contributed by atoms with Crippen molar-refractivity contribution in [3.05, 3.63) is 0 Å². The largest absolute Gasteiger partial charge is 0.344 e. The van der Waals surface area contributed by atoms with Crippen LogP contribution in [0, 0.1) is 12.3 Å². The second-order valence-electron chi connectivity index (χ2n) is 4.03. The zero-order chi connectivity index (χ0) is 12.1. The molecule has 1 fully saturated rings. The third-order valence-electron chi connectivity index (χ3n) is 2.78. The van der Waals surface area contributed by atoms with Crippen molar-refractivity contribution in [2.24, 2.45) is 0 Å². The molecule has 0 aromatic rings. The van der Waals surface area contributed by atoms with Gasteiger partial charge in [0.05, 0.1) is 6.04 Å². The van der Waals surface area contributed by atoms with Gasteiger partial charge in [0.25, 0.3) is 0 Å². The van der Waals surface area contributed by atoms with Gasteiger partial charge in [-0.1, -0.05) is 19.3 Å². The lowest BCUT2D eigenvalue weighted by molar-refractivity contribution is -0.134.